The number of fused-ring (bicyclic) bond motifs is 1. The maximum absolute atomic E-state index is 13.2. The van der Waals surface area contributed by atoms with Gasteiger partial charge in [0.1, 0.15) is 17.1 Å². The van der Waals surface area contributed by atoms with E-state index in [1.807, 2.05) is 13.8 Å². The van der Waals surface area contributed by atoms with Crippen LogP contribution in [-0.4, -0.2) is 44.8 Å². The van der Waals surface area contributed by atoms with E-state index in [-0.39, 0.29) is 10.8 Å². The topological polar surface area (TPSA) is 98.8 Å². The van der Waals surface area contributed by atoms with Crippen molar-refractivity contribution in [3.8, 4) is 5.75 Å². The molecule has 8 heteroatoms. The fraction of sp³-hybridized carbons (Fsp3) is 0.478. The lowest BCUT2D eigenvalue weighted by Gasteiger charge is -2.24. The molecule has 0 aliphatic carbocycles. The second-order valence-corrected chi connectivity index (χ2v) is 10.8. The number of alkyl carbamates (subject to hydrolysis) is 1. The smallest absolute Gasteiger partial charge is 0.408 e. The molecule has 0 radical (unpaired) electrons. The fourth-order valence-corrected chi connectivity index (χ4v) is 4.77. The van der Waals surface area contributed by atoms with Gasteiger partial charge >= 0.3 is 6.09 Å². The first kappa shape index (κ1) is 24.7. The van der Waals surface area contributed by atoms with Crippen molar-refractivity contribution >= 4 is 32.5 Å². The van der Waals surface area contributed by atoms with Gasteiger partial charge in [0.15, 0.2) is 15.6 Å². The molecular weight excluding hydrogens is 418 g/mol. The normalized spacial score (nSPS) is 13.1. The lowest BCUT2D eigenvalue weighted by atomic mass is 10.0. The summed E-state index contributed by atoms with van der Waals surface area (Å²) in [5.41, 5.74) is -0.733. The highest BCUT2D eigenvalue weighted by Crippen LogP contribution is 2.31. The summed E-state index contributed by atoms with van der Waals surface area (Å²) in [6, 6.07) is 9.02. The third kappa shape index (κ3) is 6.69. The predicted molar refractivity (Wildman–Crippen MR) is 120 cm³/mol. The Labute approximate surface area is 184 Å². The Hall–Kier alpha value is -2.61. The Bertz CT molecular complexity index is 1050. The number of rotatable bonds is 8. The SMILES string of the molecule is COc1ccc(S(=O)(=O)CC(=O)[C@H](CC(C)C)NC(=O)OC(C)(C)C)c2ccccc12. The van der Waals surface area contributed by atoms with Gasteiger partial charge in [-0.2, -0.15) is 0 Å². The van der Waals surface area contributed by atoms with Gasteiger partial charge in [0.2, 0.25) is 0 Å². The number of hydrogen-bond donors (Lipinski definition) is 1. The molecule has 0 bridgehead atoms. The number of hydrogen-bond acceptors (Lipinski definition) is 6. The highest BCUT2D eigenvalue weighted by Gasteiger charge is 2.30. The van der Waals surface area contributed by atoms with E-state index in [4.69, 9.17) is 9.47 Å². The van der Waals surface area contributed by atoms with Gasteiger partial charge in [0, 0.05) is 10.8 Å². The van der Waals surface area contributed by atoms with Crippen LogP contribution in [0, 0.1) is 5.92 Å². The number of nitrogens with one attached hydrogen (secondary N) is 1. The molecule has 0 heterocycles. The number of Topliss-reactive ketones (excluding diaryl/α,β-unsaturated/α-hetero) is 1. The molecule has 0 saturated carbocycles. The summed E-state index contributed by atoms with van der Waals surface area (Å²) in [5.74, 6) is -0.700. The Morgan fingerprint density at radius 1 is 1.03 bits per heavy atom. The van der Waals surface area contributed by atoms with E-state index >= 15 is 0 Å². The molecule has 0 saturated heterocycles. The van der Waals surface area contributed by atoms with Crippen molar-refractivity contribution in [2.45, 2.75) is 57.6 Å². The molecule has 2 aromatic rings. The third-order valence-electron chi connectivity index (χ3n) is 4.52. The van der Waals surface area contributed by atoms with Crippen LogP contribution in [-0.2, 0) is 19.4 Å². The quantitative estimate of drug-likeness (QED) is 0.651. The minimum atomic E-state index is -3.96. The minimum Gasteiger partial charge on any atom is -0.496 e. The maximum atomic E-state index is 13.2. The van der Waals surface area contributed by atoms with Crippen LogP contribution >= 0.6 is 0 Å². The lowest BCUT2D eigenvalue weighted by molar-refractivity contribution is -0.119. The molecule has 31 heavy (non-hydrogen) atoms. The molecule has 1 amide bonds. The highest BCUT2D eigenvalue weighted by molar-refractivity contribution is 7.92. The van der Waals surface area contributed by atoms with Gasteiger partial charge in [-0.3, -0.25) is 4.79 Å². The maximum Gasteiger partial charge on any atom is 0.408 e. The molecule has 1 N–H and O–H groups in total. The molecule has 170 valence electrons. The van der Waals surface area contributed by atoms with Crippen molar-refractivity contribution in [3.05, 3.63) is 36.4 Å². The highest BCUT2D eigenvalue weighted by atomic mass is 32.2. The second kappa shape index (κ2) is 9.68. The number of carbonyl (C=O) groups excluding carboxylic acids is 2. The summed E-state index contributed by atoms with van der Waals surface area (Å²) in [7, 11) is -2.45. The van der Waals surface area contributed by atoms with E-state index in [9.17, 15) is 18.0 Å². The van der Waals surface area contributed by atoms with Crippen LogP contribution < -0.4 is 10.1 Å². The molecule has 7 nitrogen and oxygen atoms in total. The summed E-state index contributed by atoms with van der Waals surface area (Å²) in [6.07, 6.45) is -0.449. The van der Waals surface area contributed by atoms with Crippen molar-refractivity contribution in [2.24, 2.45) is 5.92 Å². The first-order valence-electron chi connectivity index (χ1n) is 10.1. The monoisotopic (exact) mass is 449 g/mol. The summed E-state index contributed by atoms with van der Waals surface area (Å²) >= 11 is 0. The van der Waals surface area contributed by atoms with Crippen LogP contribution in [0.5, 0.6) is 5.75 Å². The van der Waals surface area contributed by atoms with Crippen molar-refractivity contribution in [1.29, 1.82) is 0 Å². The number of carbonyl (C=O) groups is 2. The van der Waals surface area contributed by atoms with Crippen LogP contribution in [0.2, 0.25) is 0 Å². The Balaban J connectivity index is 2.32. The zero-order valence-electron chi connectivity index (χ0n) is 18.9. The lowest BCUT2D eigenvalue weighted by Crippen LogP contribution is -2.46. The van der Waals surface area contributed by atoms with Gasteiger partial charge in [0.05, 0.1) is 18.0 Å². The largest absolute Gasteiger partial charge is 0.496 e. The van der Waals surface area contributed by atoms with Gasteiger partial charge in [-0.05, 0) is 45.2 Å². The molecule has 2 aromatic carbocycles. The van der Waals surface area contributed by atoms with E-state index < -0.39 is 39.1 Å². The predicted octanol–water partition coefficient (Wildman–Crippen LogP) is 4.13. The van der Waals surface area contributed by atoms with E-state index in [0.29, 0.717) is 22.9 Å². The Kier molecular flexibility index (Phi) is 7.70. The summed E-state index contributed by atoms with van der Waals surface area (Å²) in [4.78, 5) is 25.2. The number of ether oxygens (including phenoxy) is 2. The molecule has 1 atom stereocenters. The van der Waals surface area contributed by atoms with Crippen molar-refractivity contribution < 1.29 is 27.5 Å². The number of sulfone groups is 1. The third-order valence-corrected chi connectivity index (χ3v) is 6.21. The van der Waals surface area contributed by atoms with Crippen molar-refractivity contribution in [3.63, 3.8) is 0 Å². The number of methoxy groups -OCH3 is 1. The molecule has 0 spiro atoms. The van der Waals surface area contributed by atoms with Gasteiger partial charge in [0.25, 0.3) is 0 Å². The molecular formula is C23H31NO6S. The zero-order chi connectivity index (χ0) is 23.4. The van der Waals surface area contributed by atoms with E-state index in [2.05, 4.69) is 5.32 Å². The van der Waals surface area contributed by atoms with Crippen LogP contribution in [0.1, 0.15) is 41.0 Å². The Morgan fingerprint density at radius 3 is 2.19 bits per heavy atom. The first-order valence-corrected chi connectivity index (χ1v) is 11.8. The van der Waals surface area contributed by atoms with Crippen LogP contribution in [0.4, 0.5) is 4.79 Å². The molecule has 0 unspecified atom stereocenters. The van der Waals surface area contributed by atoms with E-state index in [1.165, 1.54) is 13.2 Å². The van der Waals surface area contributed by atoms with Gasteiger partial charge in [-0.15, -0.1) is 0 Å². The molecule has 0 aromatic heterocycles. The van der Waals surface area contributed by atoms with Gasteiger partial charge in [-0.1, -0.05) is 38.1 Å². The van der Waals surface area contributed by atoms with E-state index in [1.54, 1.807) is 51.1 Å². The summed E-state index contributed by atoms with van der Waals surface area (Å²) in [5, 5.41) is 3.66. The van der Waals surface area contributed by atoms with Gasteiger partial charge < -0.3 is 14.8 Å². The second-order valence-electron chi connectivity index (χ2n) is 8.87. The van der Waals surface area contributed by atoms with Crippen LogP contribution in [0.15, 0.2) is 41.3 Å². The first-order chi connectivity index (χ1) is 14.3. The average Bonchev–Trinajstić information content (AvgIpc) is 2.64. The Morgan fingerprint density at radius 2 is 1.65 bits per heavy atom. The number of amides is 1. The standard InChI is InChI=1S/C23H31NO6S/c1-15(2)13-18(24-22(26)30-23(3,4)5)19(25)14-31(27,28)21-12-11-20(29-6)16-9-7-8-10-17(16)21/h7-12,15,18H,13-14H2,1-6H3,(H,24,26)/t18-/m0/s1. The molecule has 0 aliphatic rings. The fourth-order valence-electron chi connectivity index (χ4n) is 3.25. The van der Waals surface area contributed by atoms with Crippen LogP contribution in [0.3, 0.4) is 0 Å². The molecule has 0 fully saturated rings. The molecule has 0 aliphatic heterocycles. The summed E-state index contributed by atoms with van der Waals surface area (Å²) < 4.78 is 36.9. The number of ketones is 1. The summed E-state index contributed by atoms with van der Waals surface area (Å²) in [6.45, 7) is 8.92. The minimum absolute atomic E-state index is 0.0535. The van der Waals surface area contributed by atoms with Crippen molar-refractivity contribution in [2.75, 3.05) is 12.9 Å². The van der Waals surface area contributed by atoms with Crippen molar-refractivity contribution in [1.82, 2.24) is 5.32 Å². The van der Waals surface area contributed by atoms with E-state index in [0.717, 1.165) is 0 Å². The molecule has 2 rings (SSSR count). The van der Waals surface area contributed by atoms with Gasteiger partial charge in [-0.25, -0.2) is 13.2 Å². The number of benzene rings is 2. The average molecular weight is 450 g/mol. The van der Waals surface area contributed by atoms with Crippen LogP contribution in [0.25, 0.3) is 10.8 Å². The zero-order valence-corrected chi connectivity index (χ0v) is 19.7.